The Morgan fingerprint density at radius 2 is 1.86 bits per heavy atom. The van der Waals surface area contributed by atoms with Crippen LogP contribution in [0, 0.1) is 5.82 Å². The number of halogens is 1. The summed E-state index contributed by atoms with van der Waals surface area (Å²) in [7, 11) is 0. The summed E-state index contributed by atoms with van der Waals surface area (Å²) in [5.41, 5.74) is 0.601. The van der Waals surface area contributed by atoms with Crippen molar-refractivity contribution < 1.29 is 18.3 Å². The normalized spacial score (nSPS) is 21.2. The summed E-state index contributed by atoms with van der Waals surface area (Å²) in [4.78, 5) is 14.6. The van der Waals surface area contributed by atoms with Crippen molar-refractivity contribution in [3.05, 3.63) is 41.9 Å². The molecule has 1 aromatic heterocycles. The molecule has 7 nitrogen and oxygen atoms in total. The molecule has 1 amide bonds. The van der Waals surface area contributed by atoms with Crippen molar-refractivity contribution >= 4 is 11.6 Å². The number of likely N-dealkylation sites (tertiary alicyclic amines) is 1. The molecule has 0 bridgehead atoms. The van der Waals surface area contributed by atoms with E-state index >= 15 is 0 Å². The Morgan fingerprint density at radius 3 is 2.66 bits per heavy atom. The van der Waals surface area contributed by atoms with Crippen LogP contribution in [0.4, 0.5) is 10.1 Å². The third kappa shape index (κ3) is 5.19. The lowest BCUT2D eigenvalue weighted by atomic mass is 10.0. The number of benzene rings is 1. The first-order valence-corrected chi connectivity index (χ1v) is 10.4. The summed E-state index contributed by atoms with van der Waals surface area (Å²) in [6.45, 7) is 3.00. The number of ether oxygens (including phenoxy) is 1. The molecule has 156 valence electrons. The van der Waals surface area contributed by atoms with E-state index in [0.29, 0.717) is 30.4 Å². The average Bonchev–Trinajstić information content (AvgIpc) is 3.25. The molecule has 2 fully saturated rings. The highest BCUT2D eigenvalue weighted by molar-refractivity contribution is 5.90. The van der Waals surface area contributed by atoms with E-state index in [4.69, 9.17) is 9.15 Å². The van der Waals surface area contributed by atoms with E-state index in [-0.39, 0.29) is 23.7 Å². The molecule has 1 atom stereocenters. The number of aromatic nitrogens is 2. The fraction of sp³-hybridized carbons (Fsp3) is 0.571. The number of carbonyl (C=O) groups excluding carboxylic acids is 1. The number of carbonyl (C=O) groups is 1. The molecular weight excluding hydrogens is 375 g/mol. The van der Waals surface area contributed by atoms with Gasteiger partial charge < -0.3 is 14.5 Å². The number of rotatable bonds is 6. The van der Waals surface area contributed by atoms with E-state index in [1.165, 1.54) is 12.1 Å². The van der Waals surface area contributed by atoms with Gasteiger partial charge in [0, 0.05) is 37.8 Å². The predicted octanol–water partition coefficient (Wildman–Crippen LogP) is 3.66. The predicted molar refractivity (Wildman–Crippen MR) is 105 cm³/mol. The fourth-order valence-electron chi connectivity index (χ4n) is 4.03. The zero-order valence-electron chi connectivity index (χ0n) is 16.5. The maximum Gasteiger partial charge on any atom is 0.233 e. The molecule has 0 radical (unpaired) electrons. The number of anilines is 1. The summed E-state index contributed by atoms with van der Waals surface area (Å²) < 4.78 is 24.5. The monoisotopic (exact) mass is 402 g/mol. The van der Waals surface area contributed by atoms with Crippen LogP contribution < -0.4 is 5.32 Å². The van der Waals surface area contributed by atoms with Gasteiger partial charge >= 0.3 is 0 Å². The molecule has 1 aromatic carbocycles. The largest absolute Gasteiger partial charge is 0.423 e. The van der Waals surface area contributed by atoms with Crippen LogP contribution in [0.15, 0.2) is 28.7 Å². The van der Waals surface area contributed by atoms with Crippen LogP contribution in [0.2, 0.25) is 0 Å². The number of nitrogens with zero attached hydrogens (tertiary/aromatic N) is 3. The standard InChI is InChI=1S/C21H27FN4O3/c22-16-4-6-17(7-5-16)23-19(27)8-12-26-11-2-1-3-18(26)21-25-24-20(29-21)15-9-13-28-14-10-15/h4-7,15,18H,1-3,8-14H2,(H,23,27). The molecule has 2 aliphatic rings. The second-order valence-electron chi connectivity index (χ2n) is 7.72. The summed E-state index contributed by atoms with van der Waals surface area (Å²) in [6, 6.07) is 5.85. The number of amides is 1. The van der Waals surface area contributed by atoms with Crippen LogP contribution in [0.25, 0.3) is 0 Å². The SMILES string of the molecule is O=C(CCN1CCCCC1c1nnc(C2CCOCC2)o1)Nc1ccc(F)cc1. The minimum Gasteiger partial charge on any atom is -0.423 e. The molecule has 2 aromatic rings. The van der Waals surface area contributed by atoms with E-state index in [1.807, 2.05) is 0 Å². The van der Waals surface area contributed by atoms with Crippen molar-refractivity contribution in [2.75, 3.05) is 31.6 Å². The topological polar surface area (TPSA) is 80.5 Å². The maximum atomic E-state index is 13.0. The Labute approximate surface area is 169 Å². The number of nitrogens with one attached hydrogen (secondary N) is 1. The molecular formula is C21H27FN4O3. The van der Waals surface area contributed by atoms with Crippen LogP contribution in [-0.4, -0.2) is 47.3 Å². The lowest BCUT2D eigenvalue weighted by molar-refractivity contribution is -0.116. The third-order valence-corrected chi connectivity index (χ3v) is 5.68. The maximum absolute atomic E-state index is 13.0. The van der Waals surface area contributed by atoms with Gasteiger partial charge in [-0.1, -0.05) is 6.42 Å². The highest BCUT2D eigenvalue weighted by atomic mass is 19.1. The molecule has 0 aliphatic carbocycles. The Morgan fingerprint density at radius 1 is 1.10 bits per heavy atom. The van der Waals surface area contributed by atoms with Crippen LogP contribution in [0.1, 0.15) is 62.3 Å². The van der Waals surface area contributed by atoms with Gasteiger partial charge in [0.05, 0.1) is 6.04 Å². The Hall–Kier alpha value is -2.32. The van der Waals surface area contributed by atoms with Gasteiger partial charge in [0.2, 0.25) is 17.7 Å². The van der Waals surface area contributed by atoms with E-state index in [1.54, 1.807) is 12.1 Å². The first-order chi connectivity index (χ1) is 14.2. The molecule has 2 saturated heterocycles. The molecule has 2 aliphatic heterocycles. The molecule has 29 heavy (non-hydrogen) atoms. The van der Waals surface area contributed by atoms with Gasteiger partial charge in [-0.3, -0.25) is 9.69 Å². The molecule has 1 unspecified atom stereocenters. The zero-order valence-corrected chi connectivity index (χ0v) is 16.5. The first kappa shape index (κ1) is 20.0. The number of hydrogen-bond acceptors (Lipinski definition) is 6. The minimum absolute atomic E-state index is 0.0588. The van der Waals surface area contributed by atoms with Gasteiger partial charge in [0.1, 0.15) is 5.82 Å². The summed E-state index contributed by atoms with van der Waals surface area (Å²) in [5.74, 6) is 1.24. The van der Waals surface area contributed by atoms with Crippen LogP contribution >= 0.6 is 0 Å². The molecule has 8 heteroatoms. The van der Waals surface area contributed by atoms with Crippen LogP contribution in [0.5, 0.6) is 0 Å². The molecule has 3 heterocycles. The van der Waals surface area contributed by atoms with Crippen molar-refractivity contribution in [2.45, 2.75) is 50.5 Å². The van der Waals surface area contributed by atoms with Gasteiger partial charge in [-0.25, -0.2) is 4.39 Å². The minimum atomic E-state index is -0.321. The van der Waals surface area contributed by atoms with E-state index in [9.17, 15) is 9.18 Å². The summed E-state index contributed by atoms with van der Waals surface area (Å²) >= 11 is 0. The van der Waals surface area contributed by atoms with Gasteiger partial charge in [-0.15, -0.1) is 10.2 Å². The Kier molecular flexibility index (Phi) is 6.51. The number of hydrogen-bond donors (Lipinski definition) is 1. The smallest absolute Gasteiger partial charge is 0.233 e. The van der Waals surface area contributed by atoms with Crippen molar-refractivity contribution in [1.29, 1.82) is 0 Å². The molecule has 0 spiro atoms. The second-order valence-corrected chi connectivity index (χ2v) is 7.72. The highest BCUT2D eigenvalue weighted by Crippen LogP contribution is 2.33. The molecule has 1 N–H and O–H groups in total. The van der Waals surface area contributed by atoms with Gasteiger partial charge in [0.15, 0.2) is 0 Å². The molecule has 4 rings (SSSR count). The van der Waals surface area contributed by atoms with Crippen molar-refractivity contribution in [1.82, 2.24) is 15.1 Å². The second kappa shape index (κ2) is 9.45. The summed E-state index contributed by atoms with van der Waals surface area (Å²) in [5, 5.41) is 11.4. The lowest BCUT2D eigenvalue weighted by Crippen LogP contribution is -2.35. The zero-order chi connectivity index (χ0) is 20.1. The molecule has 0 saturated carbocycles. The highest BCUT2D eigenvalue weighted by Gasteiger charge is 2.30. The van der Waals surface area contributed by atoms with Crippen molar-refractivity contribution in [3.8, 4) is 0 Å². The average molecular weight is 402 g/mol. The number of piperidine rings is 1. The van der Waals surface area contributed by atoms with Crippen LogP contribution in [-0.2, 0) is 9.53 Å². The van der Waals surface area contributed by atoms with E-state index in [0.717, 1.165) is 51.9 Å². The van der Waals surface area contributed by atoms with Gasteiger partial charge in [0.25, 0.3) is 0 Å². The van der Waals surface area contributed by atoms with E-state index < -0.39 is 0 Å². The fourth-order valence-corrected chi connectivity index (χ4v) is 4.03. The Bertz CT molecular complexity index is 805. The van der Waals surface area contributed by atoms with Crippen LogP contribution in [0.3, 0.4) is 0 Å². The summed E-state index contributed by atoms with van der Waals surface area (Å²) in [6.07, 6.45) is 5.35. The quantitative estimate of drug-likeness (QED) is 0.794. The van der Waals surface area contributed by atoms with Gasteiger partial charge in [-0.2, -0.15) is 0 Å². The van der Waals surface area contributed by atoms with Crippen molar-refractivity contribution in [3.63, 3.8) is 0 Å². The van der Waals surface area contributed by atoms with Crippen molar-refractivity contribution in [2.24, 2.45) is 0 Å². The lowest BCUT2D eigenvalue weighted by Gasteiger charge is -2.33. The third-order valence-electron chi connectivity index (χ3n) is 5.68. The Balaban J connectivity index is 1.34. The van der Waals surface area contributed by atoms with E-state index in [2.05, 4.69) is 20.4 Å². The first-order valence-electron chi connectivity index (χ1n) is 10.4. The van der Waals surface area contributed by atoms with Gasteiger partial charge in [-0.05, 0) is 56.5 Å².